The van der Waals surface area contributed by atoms with Gasteiger partial charge in [0.1, 0.15) is 0 Å². The maximum atomic E-state index is 11.7. The van der Waals surface area contributed by atoms with E-state index in [1.807, 2.05) is 36.5 Å². The Kier molecular flexibility index (Phi) is 4.70. The topological polar surface area (TPSA) is 68.2 Å². The quantitative estimate of drug-likeness (QED) is 0.885. The van der Waals surface area contributed by atoms with Gasteiger partial charge in [0.2, 0.25) is 0 Å². The van der Waals surface area contributed by atoms with Gasteiger partial charge in [0.15, 0.2) is 0 Å². The van der Waals surface area contributed by atoms with Crippen LogP contribution >= 0.6 is 0 Å². The Morgan fingerprint density at radius 2 is 2.18 bits per heavy atom. The molecule has 1 aliphatic heterocycles. The molecule has 3 rings (SSSR count). The van der Waals surface area contributed by atoms with Crippen LogP contribution in [-0.2, 0) is 11.3 Å². The van der Waals surface area contributed by atoms with Crippen molar-refractivity contribution in [2.45, 2.75) is 25.5 Å². The highest BCUT2D eigenvalue weighted by Crippen LogP contribution is 2.10. The molecule has 6 heteroatoms. The number of rotatable bonds is 5. The van der Waals surface area contributed by atoms with Crippen LogP contribution in [0.2, 0.25) is 0 Å². The van der Waals surface area contributed by atoms with E-state index in [4.69, 9.17) is 4.74 Å². The van der Waals surface area contributed by atoms with E-state index in [0.29, 0.717) is 13.1 Å². The largest absolute Gasteiger partial charge is 0.376 e. The predicted molar refractivity (Wildman–Crippen MR) is 82.8 cm³/mol. The summed E-state index contributed by atoms with van der Waals surface area (Å²) in [6.07, 6.45) is 5.92. The molecule has 0 spiro atoms. The monoisotopic (exact) mass is 300 g/mol. The fraction of sp³-hybridized carbons (Fsp3) is 0.375. The van der Waals surface area contributed by atoms with Crippen molar-refractivity contribution in [1.29, 1.82) is 0 Å². The molecular weight excluding hydrogens is 280 g/mol. The molecular formula is C16H20N4O2. The van der Waals surface area contributed by atoms with E-state index < -0.39 is 0 Å². The van der Waals surface area contributed by atoms with E-state index in [0.717, 1.165) is 30.7 Å². The molecule has 1 fully saturated rings. The third-order valence-corrected chi connectivity index (χ3v) is 3.62. The van der Waals surface area contributed by atoms with Crippen molar-refractivity contribution < 1.29 is 9.53 Å². The van der Waals surface area contributed by atoms with Crippen LogP contribution in [0.4, 0.5) is 4.79 Å². The molecule has 1 aromatic carbocycles. The number of hydrogen-bond acceptors (Lipinski definition) is 3. The van der Waals surface area contributed by atoms with Crippen LogP contribution < -0.4 is 10.6 Å². The van der Waals surface area contributed by atoms with Gasteiger partial charge in [-0.05, 0) is 25.0 Å². The van der Waals surface area contributed by atoms with Gasteiger partial charge in [0.25, 0.3) is 0 Å². The number of benzene rings is 1. The summed E-state index contributed by atoms with van der Waals surface area (Å²) in [5.74, 6) is 0. The Bertz CT molecular complexity index is 606. The summed E-state index contributed by atoms with van der Waals surface area (Å²) in [6.45, 7) is 1.81. The molecule has 0 saturated carbocycles. The Morgan fingerprint density at radius 1 is 1.32 bits per heavy atom. The Morgan fingerprint density at radius 3 is 2.95 bits per heavy atom. The third-order valence-electron chi connectivity index (χ3n) is 3.62. The standard InChI is InChI=1S/C16H20N4O2/c21-16(18-11-15-7-4-8-22-15)17-9-13-10-19-20(12-13)14-5-2-1-3-6-14/h1-3,5-6,10,12,15H,4,7-9,11H2,(H2,17,18,21)/t15-/m0/s1. The van der Waals surface area contributed by atoms with E-state index in [1.54, 1.807) is 10.9 Å². The fourth-order valence-electron chi connectivity index (χ4n) is 2.43. The molecule has 1 saturated heterocycles. The molecule has 6 nitrogen and oxygen atoms in total. The van der Waals surface area contributed by atoms with Crippen molar-refractivity contribution >= 4 is 6.03 Å². The van der Waals surface area contributed by atoms with Gasteiger partial charge in [-0.1, -0.05) is 18.2 Å². The lowest BCUT2D eigenvalue weighted by molar-refractivity contribution is 0.111. The molecule has 2 heterocycles. The van der Waals surface area contributed by atoms with Gasteiger partial charge in [-0.15, -0.1) is 0 Å². The van der Waals surface area contributed by atoms with Crippen LogP contribution in [0.15, 0.2) is 42.7 Å². The lowest BCUT2D eigenvalue weighted by atomic mass is 10.2. The molecule has 2 amide bonds. The smallest absolute Gasteiger partial charge is 0.315 e. The lowest BCUT2D eigenvalue weighted by Crippen LogP contribution is -2.39. The van der Waals surface area contributed by atoms with Gasteiger partial charge in [-0.25, -0.2) is 9.48 Å². The van der Waals surface area contributed by atoms with Crippen LogP contribution in [0.1, 0.15) is 18.4 Å². The predicted octanol–water partition coefficient (Wildman–Crippen LogP) is 1.85. The lowest BCUT2D eigenvalue weighted by Gasteiger charge is -2.11. The highest BCUT2D eigenvalue weighted by molar-refractivity contribution is 5.73. The zero-order chi connectivity index (χ0) is 15.2. The van der Waals surface area contributed by atoms with Gasteiger partial charge < -0.3 is 15.4 Å². The molecule has 1 aliphatic rings. The van der Waals surface area contributed by atoms with Gasteiger partial charge in [-0.3, -0.25) is 0 Å². The number of hydrogen-bond donors (Lipinski definition) is 2. The van der Waals surface area contributed by atoms with Crippen LogP contribution in [0, 0.1) is 0 Å². The van der Waals surface area contributed by atoms with Crippen molar-refractivity contribution in [3.05, 3.63) is 48.3 Å². The van der Waals surface area contributed by atoms with Crippen LogP contribution in [0.25, 0.3) is 5.69 Å². The van der Waals surface area contributed by atoms with Crippen molar-refractivity contribution in [2.24, 2.45) is 0 Å². The van der Waals surface area contributed by atoms with Gasteiger partial charge >= 0.3 is 6.03 Å². The fourth-order valence-corrected chi connectivity index (χ4v) is 2.43. The molecule has 0 bridgehead atoms. The summed E-state index contributed by atoms with van der Waals surface area (Å²) in [7, 11) is 0. The minimum atomic E-state index is -0.178. The Balaban J connectivity index is 1.45. The minimum absolute atomic E-state index is 0.159. The van der Waals surface area contributed by atoms with Gasteiger partial charge in [0, 0.05) is 31.5 Å². The number of nitrogens with zero attached hydrogens (tertiary/aromatic N) is 2. The second kappa shape index (κ2) is 7.09. The molecule has 22 heavy (non-hydrogen) atoms. The Labute approximate surface area is 129 Å². The van der Waals surface area contributed by atoms with Crippen molar-refractivity contribution in [2.75, 3.05) is 13.2 Å². The van der Waals surface area contributed by atoms with Gasteiger partial charge in [-0.2, -0.15) is 5.10 Å². The highest BCUT2D eigenvalue weighted by Gasteiger charge is 2.15. The molecule has 1 atom stereocenters. The molecule has 2 N–H and O–H groups in total. The molecule has 0 unspecified atom stereocenters. The zero-order valence-electron chi connectivity index (χ0n) is 12.4. The number of aromatic nitrogens is 2. The van der Waals surface area contributed by atoms with E-state index >= 15 is 0 Å². The summed E-state index contributed by atoms with van der Waals surface area (Å²) in [6, 6.07) is 9.69. The molecule has 2 aromatic rings. The average molecular weight is 300 g/mol. The first-order valence-electron chi connectivity index (χ1n) is 7.53. The second-order valence-electron chi connectivity index (χ2n) is 5.33. The van der Waals surface area contributed by atoms with Gasteiger partial charge in [0.05, 0.1) is 18.0 Å². The number of carbonyl (C=O) groups excluding carboxylic acids is 1. The van der Waals surface area contributed by atoms with Crippen LogP contribution in [0.5, 0.6) is 0 Å². The first-order valence-corrected chi connectivity index (χ1v) is 7.53. The normalized spacial score (nSPS) is 17.4. The number of amides is 2. The first-order chi connectivity index (χ1) is 10.8. The molecule has 1 aromatic heterocycles. The average Bonchev–Trinajstić information content (AvgIpc) is 3.23. The maximum Gasteiger partial charge on any atom is 0.315 e. The summed E-state index contributed by atoms with van der Waals surface area (Å²) in [5.41, 5.74) is 1.95. The summed E-state index contributed by atoms with van der Waals surface area (Å²) >= 11 is 0. The molecule has 0 radical (unpaired) electrons. The molecule has 0 aliphatic carbocycles. The van der Waals surface area contributed by atoms with Crippen LogP contribution in [0.3, 0.4) is 0 Å². The number of urea groups is 1. The van der Waals surface area contributed by atoms with E-state index in [2.05, 4.69) is 15.7 Å². The first kappa shape index (κ1) is 14.6. The van der Waals surface area contributed by atoms with E-state index in [-0.39, 0.29) is 12.1 Å². The SMILES string of the molecule is O=C(NCc1cnn(-c2ccccc2)c1)NC[C@@H]1CCCO1. The maximum absolute atomic E-state index is 11.7. The number of para-hydroxylation sites is 1. The third kappa shape index (κ3) is 3.85. The summed E-state index contributed by atoms with van der Waals surface area (Å²) in [5, 5.41) is 9.96. The number of nitrogens with one attached hydrogen (secondary N) is 2. The Hall–Kier alpha value is -2.34. The highest BCUT2D eigenvalue weighted by atomic mass is 16.5. The summed E-state index contributed by atoms with van der Waals surface area (Å²) < 4.78 is 7.26. The summed E-state index contributed by atoms with van der Waals surface area (Å²) in [4.78, 5) is 11.7. The van der Waals surface area contributed by atoms with Crippen molar-refractivity contribution in [1.82, 2.24) is 20.4 Å². The van der Waals surface area contributed by atoms with Crippen molar-refractivity contribution in [3.8, 4) is 5.69 Å². The second-order valence-corrected chi connectivity index (χ2v) is 5.33. The number of ether oxygens (including phenoxy) is 1. The number of carbonyl (C=O) groups is 1. The van der Waals surface area contributed by atoms with E-state index in [1.165, 1.54) is 0 Å². The molecule has 116 valence electrons. The van der Waals surface area contributed by atoms with E-state index in [9.17, 15) is 4.79 Å². The zero-order valence-corrected chi connectivity index (χ0v) is 12.4. The minimum Gasteiger partial charge on any atom is -0.376 e. The van der Waals surface area contributed by atoms with Crippen LogP contribution in [-0.4, -0.2) is 35.1 Å². The van der Waals surface area contributed by atoms with Crippen molar-refractivity contribution in [3.63, 3.8) is 0 Å².